The van der Waals surface area contributed by atoms with Crippen molar-refractivity contribution in [3.63, 3.8) is 0 Å². The molecule has 4 heteroatoms. The summed E-state index contributed by atoms with van der Waals surface area (Å²) in [7, 11) is 0. The maximum atomic E-state index is 5.52. The van der Waals surface area contributed by atoms with Crippen molar-refractivity contribution >= 4 is 24.8 Å². The Labute approximate surface area is 87.5 Å². The lowest BCUT2D eigenvalue weighted by atomic mass is 9.78. The first-order valence-electron chi connectivity index (χ1n) is 4.18. The molecule has 0 radical (unpaired) electrons. The second-order valence-corrected chi connectivity index (χ2v) is 3.60. The summed E-state index contributed by atoms with van der Waals surface area (Å²) in [5, 5.41) is 3.36. The SMILES string of the molecule is CC1(CCN)CCNCC1.Cl.Cl. The summed E-state index contributed by atoms with van der Waals surface area (Å²) in [6.45, 7) is 5.55. The van der Waals surface area contributed by atoms with Crippen LogP contribution in [0.1, 0.15) is 26.2 Å². The average molecular weight is 215 g/mol. The third kappa shape index (κ3) is 4.51. The van der Waals surface area contributed by atoms with E-state index < -0.39 is 0 Å². The average Bonchev–Trinajstić information content (AvgIpc) is 1.89. The number of halogens is 2. The Morgan fingerprint density at radius 3 is 2.17 bits per heavy atom. The highest BCUT2D eigenvalue weighted by Gasteiger charge is 2.24. The second kappa shape index (κ2) is 6.96. The van der Waals surface area contributed by atoms with Gasteiger partial charge in [-0.2, -0.15) is 0 Å². The van der Waals surface area contributed by atoms with E-state index in [2.05, 4.69) is 12.2 Å². The molecule has 76 valence electrons. The highest BCUT2D eigenvalue weighted by atomic mass is 35.5. The molecule has 0 bridgehead atoms. The van der Waals surface area contributed by atoms with Gasteiger partial charge < -0.3 is 11.1 Å². The lowest BCUT2D eigenvalue weighted by Gasteiger charge is -2.33. The molecule has 0 unspecified atom stereocenters. The van der Waals surface area contributed by atoms with E-state index >= 15 is 0 Å². The Morgan fingerprint density at radius 1 is 1.25 bits per heavy atom. The molecule has 0 spiro atoms. The molecule has 0 aromatic rings. The van der Waals surface area contributed by atoms with Crippen LogP contribution in [0, 0.1) is 5.41 Å². The summed E-state index contributed by atoms with van der Waals surface area (Å²) < 4.78 is 0. The zero-order chi connectivity index (χ0) is 7.45. The van der Waals surface area contributed by atoms with E-state index in [0.717, 1.165) is 6.54 Å². The predicted molar refractivity (Wildman–Crippen MR) is 58.4 cm³/mol. The zero-order valence-electron chi connectivity index (χ0n) is 7.64. The minimum atomic E-state index is 0. The summed E-state index contributed by atoms with van der Waals surface area (Å²) >= 11 is 0. The fraction of sp³-hybridized carbons (Fsp3) is 1.00. The van der Waals surface area contributed by atoms with Crippen LogP contribution in [-0.4, -0.2) is 19.6 Å². The Balaban J connectivity index is 0. The van der Waals surface area contributed by atoms with Gasteiger partial charge in [0, 0.05) is 0 Å². The van der Waals surface area contributed by atoms with E-state index in [1.165, 1.54) is 32.4 Å². The predicted octanol–water partition coefficient (Wildman–Crippen LogP) is 1.57. The van der Waals surface area contributed by atoms with Crippen LogP contribution in [0.25, 0.3) is 0 Å². The van der Waals surface area contributed by atoms with Gasteiger partial charge in [-0.05, 0) is 44.3 Å². The molecule has 1 heterocycles. The van der Waals surface area contributed by atoms with Crippen molar-refractivity contribution in [2.24, 2.45) is 11.1 Å². The van der Waals surface area contributed by atoms with Gasteiger partial charge in [-0.1, -0.05) is 6.92 Å². The fourth-order valence-electron chi connectivity index (χ4n) is 1.63. The molecule has 1 aliphatic rings. The number of nitrogens with one attached hydrogen (secondary N) is 1. The van der Waals surface area contributed by atoms with Gasteiger partial charge >= 0.3 is 0 Å². The quantitative estimate of drug-likeness (QED) is 0.733. The number of nitrogens with two attached hydrogens (primary N) is 1. The van der Waals surface area contributed by atoms with E-state index in [-0.39, 0.29) is 24.8 Å². The van der Waals surface area contributed by atoms with E-state index in [1.807, 2.05) is 0 Å². The first-order valence-corrected chi connectivity index (χ1v) is 4.18. The molecule has 1 saturated heterocycles. The van der Waals surface area contributed by atoms with Crippen LogP contribution >= 0.6 is 24.8 Å². The molecule has 0 amide bonds. The van der Waals surface area contributed by atoms with Gasteiger partial charge in [0.25, 0.3) is 0 Å². The highest BCUT2D eigenvalue weighted by Crippen LogP contribution is 2.30. The molecule has 0 aromatic carbocycles. The molecule has 1 fully saturated rings. The van der Waals surface area contributed by atoms with Crippen molar-refractivity contribution < 1.29 is 0 Å². The minimum Gasteiger partial charge on any atom is -0.330 e. The van der Waals surface area contributed by atoms with E-state index in [9.17, 15) is 0 Å². The van der Waals surface area contributed by atoms with Crippen LogP contribution in [0.2, 0.25) is 0 Å². The zero-order valence-corrected chi connectivity index (χ0v) is 9.27. The van der Waals surface area contributed by atoms with Crippen molar-refractivity contribution in [2.45, 2.75) is 26.2 Å². The van der Waals surface area contributed by atoms with Crippen LogP contribution in [0.15, 0.2) is 0 Å². The third-order valence-electron chi connectivity index (χ3n) is 2.56. The maximum Gasteiger partial charge on any atom is -0.00437 e. The molecule has 0 aromatic heterocycles. The highest BCUT2D eigenvalue weighted by molar-refractivity contribution is 5.85. The molecule has 12 heavy (non-hydrogen) atoms. The summed E-state index contributed by atoms with van der Waals surface area (Å²) in [5.74, 6) is 0. The first kappa shape index (κ1) is 15.0. The Morgan fingerprint density at radius 2 is 1.75 bits per heavy atom. The van der Waals surface area contributed by atoms with Gasteiger partial charge in [0.15, 0.2) is 0 Å². The van der Waals surface area contributed by atoms with Gasteiger partial charge in [-0.3, -0.25) is 0 Å². The second-order valence-electron chi connectivity index (χ2n) is 3.60. The Hall–Kier alpha value is 0.500. The third-order valence-corrected chi connectivity index (χ3v) is 2.56. The number of rotatable bonds is 2. The summed E-state index contributed by atoms with van der Waals surface area (Å²) in [4.78, 5) is 0. The van der Waals surface area contributed by atoms with Crippen LogP contribution in [-0.2, 0) is 0 Å². The van der Waals surface area contributed by atoms with E-state index in [0.29, 0.717) is 5.41 Å². The van der Waals surface area contributed by atoms with Gasteiger partial charge in [-0.15, -0.1) is 24.8 Å². The molecule has 3 N–H and O–H groups in total. The fourth-order valence-corrected chi connectivity index (χ4v) is 1.63. The smallest absolute Gasteiger partial charge is 0.00437 e. The lowest BCUT2D eigenvalue weighted by Crippen LogP contribution is -2.35. The van der Waals surface area contributed by atoms with Crippen molar-refractivity contribution in [3.05, 3.63) is 0 Å². The van der Waals surface area contributed by atoms with Gasteiger partial charge in [0.2, 0.25) is 0 Å². The standard InChI is InChI=1S/C8H18N2.2ClH/c1-8(2-5-9)3-6-10-7-4-8;;/h10H,2-7,9H2,1H3;2*1H. The van der Waals surface area contributed by atoms with Crippen LogP contribution in [0.5, 0.6) is 0 Å². The molecular weight excluding hydrogens is 195 g/mol. The van der Waals surface area contributed by atoms with Gasteiger partial charge in [0.05, 0.1) is 0 Å². The van der Waals surface area contributed by atoms with Crippen molar-refractivity contribution in [2.75, 3.05) is 19.6 Å². The van der Waals surface area contributed by atoms with Gasteiger partial charge in [0.1, 0.15) is 0 Å². The monoisotopic (exact) mass is 214 g/mol. The van der Waals surface area contributed by atoms with Gasteiger partial charge in [-0.25, -0.2) is 0 Å². The van der Waals surface area contributed by atoms with Crippen molar-refractivity contribution in [1.82, 2.24) is 5.32 Å². The molecule has 1 aliphatic heterocycles. The maximum absolute atomic E-state index is 5.52. The summed E-state index contributed by atoms with van der Waals surface area (Å²) in [5.41, 5.74) is 6.07. The van der Waals surface area contributed by atoms with Crippen LogP contribution < -0.4 is 11.1 Å². The number of hydrogen-bond donors (Lipinski definition) is 2. The van der Waals surface area contributed by atoms with Crippen molar-refractivity contribution in [1.29, 1.82) is 0 Å². The topological polar surface area (TPSA) is 38.0 Å². The Kier molecular flexibility index (Phi) is 8.69. The van der Waals surface area contributed by atoms with Crippen molar-refractivity contribution in [3.8, 4) is 0 Å². The number of hydrogen-bond acceptors (Lipinski definition) is 2. The van der Waals surface area contributed by atoms with Crippen LogP contribution in [0.3, 0.4) is 0 Å². The minimum absolute atomic E-state index is 0. The molecule has 1 rings (SSSR count). The molecule has 0 atom stereocenters. The number of piperidine rings is 1. The molecular formula is C8H20Cl2N2. The molecule has 0 aliphatic carbocycles. The first-order chi connectivity index (χ1) is 4.77. The summed E-state index contributed by atoms with van der Waals surface area (Å²) in [6.07, 6.45) is 3.78. The summed E-state index contributed by atoms with van der Waals surface area (Å²) in [6, 6.07) is 0. The normalized spacial score (nSPS) is 20.5. The lowest BCUT2D eigenvalue weighted by molar-refractivity contribution is 0.216. The van der Waals surface area contributed by atoms with Crippen LogP contribution in [0.4, 0.5) is 0 Å². The largest absolute Gasteiger partial charge is 0.330 e. The van der Waals surface area contributed by atoms with E-state index in [4.69, 9.17) is 5.73 Å². The van der Waals surface area contributed by atoms with E-state index in [1.54, 1.807) is 0 Å². The molecule has 2 nitrogen and oxygen atoms in total. The molecule has 0 saturated carbocycles. The Bertz CT molecular complexity index is 97.7.